The van der Waals surface area contributed by atoms with Gasteiger partial charge < -0.3 is 35.4 Å². The van der Waals surface area contributed by atoms with E-state index in [1.165, 1.54) is 0 Å². The van der Waals surface area contributed by atoms with E-state index in [1.807, 2.05) is 87.4 Å². The van der Waals surface area contributed by atoms with E-state index in [0.717, 1.165) is 30.5 Å². The quantitative estimate of drug-likeness (QED) is 0.257. The van der Waals surface area contributed by atoms with Gasteiger partial charge in [-0.1, -0.05) is 31.2 Å². The molecule has 2 amide bonds. The van der Waals surface area contributed by atoms with Gasteiger partial charge in [0.1, 0.15) is 5.75 Å². The third-order valence-corrected chi connectivity index (χ3v) is 8.92. The van der Waals surface area contributed by atoms with Crippen LogP contribution in [-0.4, -0.2) is 92.4 Å². The molecule has 0 fully saturated rings. The first-order valence-corrected chi connectivity index (χ1v) is 16.9. The van der Waals surface area contributed by atoms with Crippen molar-refractivity contribution in [3.05, 3.63) is 83.4 Å². The molecule has 0 radical (unpaired) electrons. The van der Waals surface area contributed by atoms with Gasteiger partial charge >= 0.3 is 0 Å². The average molecular weight is 660 g/mol. The molecule has 3 aromatic carbocycles. The first kappa shape index (κ1) is 36.7. The van der Waals surface area contributed by atoms with Crippen LogP contribution in [0.5, 0.6) is 5.75 Å². The molecule has 0 saturated carbocycles. The Labute approximate surface area is 285 Å². The number of para-hydroxylation sites is 2. The van der Waals surface area contributed by atoms with Crippen LogP contribution < -0.4 is 20.7 Å². The topological polar surface area (TPSA) is 121 Å². The minimum absolute atomic E-state index is 0.0230. The van der Waals surface area contributed by atoms with Crippen LogP contribution in [0.4, 0.5) is 17.1 Å². The van der Waals surface area contributed by atoms with Crippen LogP contribution in [0.15, 0.2) is 66.7 Å². The largest absolute Gasteiger partial charge is 0.490 e. The smallest absolute Gasteiger partial charge is 0.258 e. The Morgan fingerprint density at radius 3 is 2.48 bits per heavy atom. The fourth-order valence-electron chi connectivity index (χ4n) is 5.90. The average Bonchev–Trinajstić information content (AvgIpc) is 3.06. The van der Waals surface area contributed by atoms with Gasteiger partial charge in [-0.15, -0.1) is 0 Å². The molecule has 0 saturated heterocycles. The molecular weight excluding hydrogens is 606 g/mol. The third-order valence-electron chi connectivity index (χ3n) is 8.92. The monoisotopic (exact) mass is 659 g/mol. The van der Waals surface area contributed by atoms with Crippen molar-refractivity contribution in [2.45, 2.75) is 64.8 Å². The molecule has 0 bridgehead atoms. The Kier molecular flexibility index (Phi) is 13.3. The molecule has 0 spiro atoms. The summed E-state index contributed by atoms with van der Waals surface area (Å²) in [4.78, 5) is 33.0. The number of nitrogens with one attached hydrogen (secondary N) is 1. The van der Waals surface area contributed by atoms with Crippen molar-refractivity contribution < 1.29 is 24.2 Å². The summed E-state index contributed by atoms with van der Waals surface area (Å²) in [6.45, 7) is 8.18. The summed E-state index contributed by atoms with van der Waals surface area (Å²) in [5.41, 5.74) is 10.1. The summed E-state index contributed by atoms with van der Waals surface area (Å²) in [6.07, 6.45) is 2.48. The number of nitrogens with two attached hydrogens (primary N) is 1. The number of hydrogen-bond donors (Lipinski definition) is 3. The number of fused-ring (bicyclic) bond motifs is 1. The van der Waals surface area contributed by atoms with Gasteiger partial charge in [0.15, 0.2) is 0 Å². The Morgan fingerprint density at radius 2 is 1.79 bits per heavy atom. The molecule has 260 valence electrons. The second-order valence-corrected chi connectivity index (χ2v) is 13.3. The zero-order valence-corrected chi connectivity index (χ0v) is 29.3. The highest BCUT2D eigenvalue weighted by molar-refractivity contribution is 6.05. The van der Waals surface area contributed by atoms with Crippen LogP contribution in [0.25, 0.3) is 0 Å². The van der Waals surface area contributed by atoms with Gasteiger partial charge in [-0.3, -0.25) is 14.5 Å². The summed E-state index contributed by atoms with van der Waals surface area (Å²) >= 11 is 0. The fraction of sp³-hybridized carbons (Fsp3) is 0.474. The second-order valence-electron chi connectivity index (χ2n) is 13.3. The number of carbonyl (C=O) groups excluding carboxylic acids is 2. The third kappa shape index (κ3) is 9.95. The molecule has 4 atom stereocenters. The van der Waals surface area contributed by atoms with E-state index < -0.39 is 6.04 Å². The lowest BCUT2D eigenvalue weighted by Gasteiger charge is -2.36. The Morgan fingerprint density at radius 1 is 1.06 bits per heavy atom. The number of carbonyl (C=O) groups is 2. The maximum Gasteiger partial charge on any atom is 0.258 e. The number of nitrogens with zero attached hydrogens (tertiary/aromatic N) is 3. The summed E-state index contributed by atoms with van der Waals surface area (Å²) < 4.78 is 12.8. The molecule has 10 nitrogen and oxygen atoms in total. The number of anilines is 3. The lowest BCUT2D eigenvalue weighted by molar-refractivity contribution is -0.0177. The van der Waals surface area contributed by atoms with Gasteiger partial charge in [-0.2, -0.15) is 0 Å². The lowest BCUT2D eigenvalue weighted by atomic mass is 10.0. The predicted molar refractivity (Wildman–Crippen MR) is 193 cm³/mol. The normalized spacial score (nSPS) is 20.0. The number of rotatable bonds is 9. The SMILES string of the molecule is C[C@@H]1CCCCO[C@@H](CN(C)Cc2ccc(C(=O)Nc3ccccc3N)cc2)[C@@H](C)CN([C@@H](C)CO)C(=O)c2cc(N(C)C)ccc2O1. The van der Waals surface area contributed by atoms with Gasteiger partial charge in [0.2, 0.25) is 0 Å². The number of amides is 2. The summed E-state index contributed by atoms with van der Waals surface area (Å²) in [5.74, 6) is 0.161. The highest BCUT2D eigenvalue weighted by Crippen LogP contribution is 2.29. The number of benzene rings is 3. The predicted octanol–water partition coefficient (Wildman–Crippen LogP) is 5.51. The Bertz CT molecular complexity index is 1500. The molecule has 1 aliphatic heterocycles. The maximum absolute atomic E-state index is 14.2. The minimum Gasteiger partial charge on any atom is -0.490 e. The van der Waals surface area contributed by atoms with Crippen molar-refractivity contribution in [3.8, 4) is 5.75 Å². The van der Waals surface area contributed by atoms with E-state index in [4.69, 9.17) is 15.2 Å². The zero-order chi connectivity index (χ0) is 34.8. The van der Waals surface area contributed by atoms with Crippen molar-refractivity contribution in [3.63, 3.8) is 0 Å². The number of ether oxygens (including phenoxy) is 2. The van der Waals surface area contributed by atoms with E-state index >= 15 is 0 Å². The van der Waals surface area contributed by atoms with Crippen molar-refractivity contribution in [2.75, 3.05) is 63.4 Å². The van der Waals surface area contributed by atoms with Crippen LogP contribution in [-0.2, 0) is 11.3 Å². The molecule has 3 aromatic rings. The number of nitrogen functional groups attached to an aromatic ring is 1. The molecule has 4 rings (SSSR count). The second kappa shape index (κ2) is 17.3. The molecule has 1 aliphatic rings. The first-order chi connectivity index (χ1) is 23.0. The molecule has 48 heavy (non-hydrogen) atoms. The van der Waals surface area contributed by atoms with Gasteiger partial charge in [-0.05, 0) is 88.2 Å². The molecule has 1 heterocycles. The van der Waals surface area contributed by atoms with Gasteiger partial charge in [0.25, 0.3) is 11.8 Å². The standard InChI is InChI=1S/C38H53N5O5/c1-26-22-43(27(2)25-44)38(46)32-21-31(41(4)5)18-19-35(32)48-28(3)11-9-10-20-47-36(26)24-42(6)23-29-14-16-30(17-15-29)37(45)40-34-13-8-7-12-33(34)39/h7-8,12-19,21,26-28,36,44H,9-11,20,22-25,39H2,1-6H3,(H,40,45)/t26-,27-,28+,36-/m0/s1. The molecule has 0 unspecified atom stereocenters. The zero-order valence-electron chi connectivity index (χ0n) is 29.3. The van der Waals surface area contributed by atoms with E-state index in [2.05, 4.69) is 24.2 Å². The van der Waals surface area contributed by atoms with E-state index in [9.17, 15) is 14.7 Å². The van der Waals surface area contributed by atoms with Crippen molar-refractivity contribution in [2.24, 2.45) is 5.92 Å². The van der Waals surface area contributed by atoms with E-state index in [-0.39, 0.29) is 36.5 Å². The first-order valence-electron chi connectivity index (χ1n) is 16.9. The summed E-state index contributed by atoms with van der Waals surface area (Å²) in [7, 11) is 5.94. The summed E-state index contributed by atoms with van der Waals surface area (Å²) in [5, 5.41) is 13.1. The van der Waals surface area contributed by atoms with Crippen molar-refractivity contribution >= 4 is 28.9 Å². The van der Waals surface area contributed by atoms with Crippen LogP contribution in [0, 0.1) is 5.92 Å². The summed E-state index contributed by atoms with van der Waals surface area (Å²) in [6, 6.07) is 20.1. The number of aliphatic hydroxyl groups excluding tert-OH is 1. The highest BCUT2D eigenvalue weighted by atomic mass is 16.5. The molecule has 10 heteroatoms. The molecule has 0 aromatic heterocycles. The molecule has 0 aliphatic carbocycles. The molecule has 4 N–H and O–H groups in total. The van der Waals surface area contributed by atoms with Crippen LogP contribution in [0.2, 0.25) is 0 Å². The van der Waals surface area contributed by atoms with Crippen LogP contribution in [0.1, 0.15) is 66.3 Å². The highest BCUT2D eigenvalue weighted by Gasteiger charge is 2.30. The lowest BCUT2D eigenvalue weighted by Crippen LogP contribution is -2.47. The number of likely N-dealkylation sites (N-methyl/N-ethyl adjacent to an activating group) is 1. The van der Waals surface area contributed by atoms with Crippen LogP contribution in [0.3, 0.4) is 0 Å². The fourth-order valence-corrected chi connectivity index (χ4v) is 5.90. The van der Waals surface area contributed by atoms with Gasteiger partial charge in [0.05, 0.1) is 41.8 Å². The van der Waals surface area contributed by atoms with E-state index in [0.29, 0.717) is 54.5 Å². The Balaban J connectivity index is 1.49. The molecular formula is C38H53N5O5. The van der Waals surface area contributed by atoms with Gasteiger partial charge in [-0.25, -0.2) is 0 Å². The Hall–Kier alpha value is -4.12. The van der Waals surface area contributed by atoms with Crippen LogP contribution >= 0.6 is 0 Å². The minimum atomic E-state index is -0.395. The van der Waals surface area contributed by atoms with Gasteiger partial charge in [0, 0.05) is 57.5 Å². The maximum atomic E-state index is 14.2. The van der Waals surface area contributed by atoms with E-state index in [1.54, 1.807) is 17.0 Å². The number of hydrogen-bond acceptors (Lipinski definition) is 8. The number of aliphatic hydroxyl groups is 1. The van der Waals surface area contributed by atoms with Crippen molar-refractivity contribution in [1.29, 1.82) is 0 Å². The van der Waals surface area contributed by atoms with Crippen molar-refractivity contribution in [1.82, 2.24) is 9.80 Å².